The van der Waals surface area contributed by atoms with Crippen LogP contribution in [-0.4, -0.2) is 5.91 Å². The zero-order chi connectivity index (χ0) is 11.9. The van der Waals surface area contributed by atoms with Gasteiger partial charge in [-0.3, -0.25) is 4.79 Å². The first kappa shape index (κ1) is 11.0. The van der Waals surface area contributed by atoms with Crippen LogP contribution in [0.3, 0.4) is 0 Å². The predicted molar refractivity (Wildman–Crippen MR) is 51.5 cm³/mol. The number of carbonyl (C=O) groups excluding carboxylic acids is 1. The molecule has 1 aromatic rings. The molecule has 0 bridgehead atoms. The Hall–Kier alpha value is -1.52. The highest BCUT2D eigenvalue weighted by Gasteiger charge is 2.46. The summed E-state index contributed by atoms with van der Waals surface area (Å²) in [6.45, 7) is 0. The molecule has 2 N–H and O–H groups in total. The first-order chi connectivity index (χ1) is 7.41. The molecule has 86 valence electrons. The number of amides is 1. The van der Waals surface area contributed by atoms with E-state index in [1.165, 1.54) is 12.1 Å². The fraction of sp³-hybridized carbons (Fsp3) is 0.364. The molecule has 2 rings (SSSR count). The lowest BCUT2D eigenvalue weighted by molar-refractivity contribution is -0.138. The van der Waals surface area contributed by atoms with E-state index < -0.39 is 23.6 Å². The summed E-state index contributed by atoms with van der Waals surface area (Å²) in [4.78, 5) is 10.8. The van der Waals surface area contributed by atoms with Crippen LogP contribution in [0.2, 0.25) is 0 Å². The van der Waals surface area contributed by atoms with Crippen LogP contribution in [0.15, 0.2) is 24.3 Å². The molecule has 5 heteroatoms. The fourth-order valence-electron chi connectivity index (χ4n) is 1.93. The Morgan fingerprint density at radius 2 is 1.94 bits per heavy atom. The van der Waals surface area contributed by atoms with Crippen molar-refractivity contribution in [2.45, 2.75) is 18.5 Å². The summed E-state index contributed by atoms with van der Waals surface area (Å²) in [6, 6.07) is 5.33. The van der Waals surface area contributed by atoms with E-state index in [1.54, 1.807) is 6.07 Å². The van der Waals surface area contributed by atoms with Crippen LogP contribution >= 0.6 is 0 Å². The van der Waals surface area contributed by atoms with Gasteiger partial charge in [0.05, 0.1) is 5.56 Å². The molecule has 2 nitrogen and oxygen atoms in total. The number of hydrogen-bond acceptors (Lipinski definition) is 1. The van der Waals surface area contributed by atoms with Gasteiger partial charge in [-0.15, -0.1) is 0 Å². The Labute approximate surface area is 90.2 Å². The third-order valence-corrected chi connectivity index (χ3v) is 2.82. The zero-order valence-electron chi connectivity index (χ0n) is 8.29. The average molecular weight is 229 g/mol. The molecule has 2 atom stereocenters. The van der Waals surface area contributed by atoms with Crippen LogP contribution in [0.1, 0.15) is 23.5 Å². The molecule has 0 aliphatic heterocycles. The van der Waals surface area contributed by atoms with E-state index in [4.69, 9.17) is 5.73 Å². The van der Waals surface area contributed by atoms with E-state index in [9.17, 15) is 18.0 Å². The number of benzene rings is 1. The maximum absolute atomic E-state index is 12.6. The summed E-state index contributed by atoms with van der Waals surface area (Å²) in [5.74, 6) is -1.33. The van der Waals surface area contributed by atoms with Crippen LogP contribution in [0.5, 0.6) is 0 Å². The minimum atomic E-state index is -4.37. The van der Waals surface area contributed by atoms with Crippen molar-refractivity contribution in [1.29, 1.82) is 0 Å². The molecule has 0 saturated heterocycles. The SMILES string of the molecule is NC(=O)[C@@H]1C[C@H]1c1ccccc1C(F)(F)F. The molecule has 1 aromatic carbocycles. The van der Waals surface area contributed by atoms with Gasteiger partial charge < -0.3 is 5.73 Å². The Kier molecular flexibility index (Phi) is 2.40. The van der Waals surface area contributed by atoms with Crippen molar-refractivity contribution < 1.29 is 18.0 Å². The summed E-state index contributed by atoms with van der Waals surface area (Å²) in [5.41, 5.74) is 4.58. The van der Waals surface area contributed by atoms with Crippen LogP contribution in [0, 0.1) is 5.92 Å². The van der Waals surface area contributed by atoms with Crippen LogP contribution in [0.25, 0.3) is 0 Å². The highest BCUT2D eigenvalue weighted by atomic mass is 19.4. The van der Waals surface area contributed by atoms with Gasteiger partial charge in [0.25, 0.3) is 0 Å². The van der Waals surface area contributed by atoms with Crippen molar-refractivity contribution in [3.63, 3.8) is 0 Å². The maximum Gasteiger partial charge on any atom is 0.416 e. The summed E-state index contributed by atoms with van der Waals surface area (Å²) in [6.07, 6.45) is -3.95. The van der Waals surface area contributed by atoms with Gasteiger partial charge >= 0.3 is 6.18 Å². The van der Waals surface area contributed by atoms with E-state index in [0.717, 1.165) is 6.07 Å². The highest BCUT2D eigenvalue weighted by molar-refractivity contribution is 5.81. The summed E-state index contributed by atoms with van der Waals surface area (Å²) < 4.78 is 37.9. The quantitative estimate of drug-likeness (QED) is 0.830. The van der Waals surface area contributed by atoms with E-state index in [2.05, 4.69) is 0 Å². The second kappa shape index (κ2) is 3.50. The molecule has 1 fully saturated rings. The first-order valence-electron chi connectivity index (χ1n) is 4.86. The normalized spacial score (nSPS) is 24.2. The topological polar surface area (TPSA) is 43.1 Å². The Morgan fingerprint density at radius 3 is 2.44 bits per heavy atom. The molecule has 0 unspecified atom stereocenters. The minimum absolute atomic E-state index is 0.179. The van der Waals surface area contributed by atoms with E-state index >= 15 is 0 Å². The number of primary amides is 1. The average Bonchev–Trinajstić information content (AvgIpc) is 2.95. The molecule has 1 aliphatic carbocycles. The summed E-state index contributed by atoms with van der Waals surface area (Å²) >= 11 is 0. The minimum Gasteiger partial charge on any atom is -0.369 e. The standard InChI is InChI=1S/C11H10F3NO/c12-11(13,14)9-4-2-1-3-6(9)7-5-8(7)10(15)16/h1-4,7-8H,5H2,(H2,15,16)/t7-,8+/m0/s1. The number of nitrogens with two attached hydrogens (primary N) is 1. The van der Waals surface area contributed by atoms with E-state index in [-0.39, 0.29) is 11.5 Å². The van der Waals surface area contributed by atoms with Crippen LogP contribution < -0.4 is 5.73 Å². The molecule has 1 aliphatic rings. The lowest BCUT2D eigenvalue weighted by Crippen LogP contribution is -2.15. The van der Waals surface area contributed by atoms with Crippen LogP contribution in [-0.2, 0) is 11.0 Å². The van der Waals surface area contributed by atoms with Crippen molar-refractivity contribution in [3.8, 4) is 0 Å². The van der Waals surface area contributed by atoms with Crippen molar-refractivity contribution >= 4 is 5.91 Å². The number of carbonyl (C=O) groups is 1. The van der Waals surface area contributed by atoms with Gasteiger partial charge in [0.2, 0.25) is 5.91 Å². The Balaban J connectivity index is 2.33. The number of hydrogen-bond donors (Lipinski definition) is 1. The molecule has 1 saturated carbocycles. The van der Waals surface area contributed by atoms with Gasteiger partial charge in [0, 0.05) is 5.92 Å². The van der Waals surface area contributed by atoms with Gasteiger partial charge in [0.1, 0.15) is 0 Å². The van der Waals surface area contributed by atoms with Crippen molar-refractivity contribution in [3.05, 3.63) is 35.4 Å². The molecule has 1 amide bonds. The van der Waals surface area contributed by atoms with Crippen molar-refractivity contribution in [1.82, 2.24) is 0 Å². The highest BCUT2D eigenvalue weighted by Crippen LogP contribution is 2.50. The molecule has 16 heavy (non-hydrogen) atoms. The van der Waals surface area contributed by atoms with Gasteiger partial charge in [-0.2, -0.15) is 13.2 Å². The maximum atomic E-state index is 12.6. The monoisotopic (exact) mass is 229 g/mol. The summed E-state index contributed by atoms with van der Waals surface area (Å²) in [5, 5.41) is 0. The van der Waals surface area contributed by atoms with E-state index in [0.29, 0.717) is 6.42 Å². The van der Waals surface area contributed by atoms with E-state index in [1.807, 2.05) is 0 Å². The van der Waals surface area contributed by atoms with Gasteiger partial charge in [-0.25, -0.2) is 0 Å². The molecule has 0 aromatic heterocycles. The van der Waals surface area contributed by atoms with Crippen molar-refractivity contribution in [2.24, 2.45) is 11.7 Å². The molecular weight excluding hydrogens is 219 g/mol. The fourth-order valence-corrected chi connectivity index (χ4v) is 1.93. The molecular formula is C11H10F3NO. The first-order valence-corrected chi connectivity index (χ1v) is 4.86. The number of alkyl halides is 3. The second-order valence-electron chi connectivity index (χ2n) is 3.94. The third kappa shape index (κ3) is 1.89. The molecule has 0 heterocycles. The lowest BCUT2D eigenvalue weighted by atomic mass is 10.0. The largest absolute Gasteiger partial charge is 0.416 e. The van der Waals surface area contributed by atoms with Gasteiger partial charge in [0.15, 0.2) is 0 Å². The number of halogens is 3. The van der Waals surface area contributed by atoms with Gasteiger partial charge in [-0.1, -0.05) is 18.2 Å². The predicted octanol–water partition coefficient (Wildman–Crippen LogP) is 2.29. The zero-order valence-corrected chi connectivity index (χ0v) is 8.29. The second-order valence-corrected chi connectivity index (χ2v) is 3.94. The Bertz CT molecular complexity index is 427. The third-order valence-electron chi connectivity index (χ3n) is 2.82. The molecule has 0 radical (unpaired) electrons. The lowest BCUT2D eigenvalue weighted by Gasteiger charge is -2.11. The van der Waals surface area contributed by atoms with Gasteiger partial charge in [-0.05, 0) is 24.0 Å². The summed E-state index contributed by atoms with van der Waals surface area (Å²) in [7, 11) is 0. The van der Waals surface area contributed by atoms with Crippen molar-refractivity contribution in [2.75, 3.05) is 0 Å². The smallest absolute Gasteiger partial charge is 0.369 e. The molecule has 0 spiro atoms. The number of rotatable bonds is 2. The Morgan fingerprint density at radius 1 is 1.31 bits per heavy atom. The van der Waals surface area contributed by atoms with Crippen LogP contribution in [0.4, 0.5) is 13.2 Å².